The summed E-state index contributed by atoms with van der Waals surface area (Å²) in [6.45, 7) is 0. The van der Waals surface area contributed by atoms with E-state index < -0.39 is 24.0 Å². The Balaban J connectivity index is 3.07. The lowest BCUT2D eigenvalue weighted by Crippen LogP contribution is -2.18. The van der Waals surface area contributed by atoms with Crippen molar-refractivity contribution in [3.63, 3.8) is 0 Å². The Bertz CT molecular complexity index is 304. The average molecular weight is 189 g/mol. The van der Waals surface area contributed by atoms with Crippen molar-refractivity contribution in [2.45, 2.75) is 12.5 Å². The van der Waals surface area contributed by atoms with Gasteiger partial charge in [-0.25, -0.2) is 8.78 Å². The van der Waals surface area contributed by atoms with E-state index in [4.69, 9.17) is 15.9 Å². The van der Waals surface area contributed by atoms with Gasteiger partial charge in [0.15, 0.2) is 11.5 Å². The maximum atomic E-state index is 12.1. The fraction of sp³-hybridized carbons (Fsp3) is 0.250. The summed E-state index contributed by atoms with van der Waals surface area (Å²) < 4.78 is 24.2. The molecule has 0 aliphatic carbocycles. The first-order valence-electron chi connectivity index (χ1n) is 3.58. The molecule has 0 aliphatic heterocycles. The summed E-state index contributed by atoms with van der Waals surface area (Å²) >= 11 is 0. The Hall–Kier alpha value is -1.36. The number of benzene rings is 1. The normalized spacial score (nSPS) is 13.2. The minimum Gasteiger partial charge on any atom is -0.504 e. The Morgan fingerprint density at radius 2 is 1.85 bits per heavy atom. The maximum Gasteiger partial charge on any atom is 0.257 e. The van der Waals surface area contributed by atoms with Crippen molar-refractivity contribution in [3.05, 3.63) is 23.8 Å². The molecular formula is C8H9F2NO2. The van der Waals surface area contributed by atoms with Crippen LogP contribution in [0.15, 0.2) is 18.2 Å². The molecule has 4 N–H and O–H groups in total. The number of alkyl halides is 2. The van der Waals surface area contributed by atoms with Crippen molar-refractivity contribution >= 4 is 0 Å². The first-order chi connectivity index (χ1) is 6.04. The van der Waals surface area contributed by atoms with E-state index in [1.54, 1.807) is 0 Å². The van der Waals surface area contributed by atoms with Gasteiger partial charge >= 0.3 is 0 Å². The number of aromatic hydroxyl groups is 2. The SMILES string of the molecule is NC(c1cccc(O)c1O)C(F)F. The van der Waals surface area contributed by atoms with Crippen LogP contribution >= 0.6 is 0 Å². The molecule has 0 aromatic heterocycles. The molecule has 0 aliphatic rings. The Morgan fingerprint density at radius 1 is 1.23 bits per heavy atom. The van der Waals surface area contributed by atoms with E-state index in [0.717, 1.165) is 0 Å². The highest BCUT2D eigenvalue weighted by molar-refractivity contribution is 5.45. The predicted octanol–water partition coefficient (Wildman–Crippen LogP) is 1.36. The number of phenolic OH excluding ortho intramolecular Hbond substituents is 2. The standard InChI is InChI=1S/C8H9F2NO2/c9-8(10)6(11)4-2-1-3-5(12)7(4)13/h1-3,6,8,12-13H,11H2. The lowest BCUT2D eigenvalue weighted by Gasteiger charge is -2.12. The summed E-state index contributed by atoms with van der Waals surface area (Å²) in [7, 11) is 0. The van der Waals surface area contributed by atoms with Crippen LogP contribution in [-0.4, -0.2) is 16.6 Å². The molecule has 5 heteroatoms. The molecule has 0 radical (unpaired) electrons. The van der Waals surface area contributed by atoms with Crippen molar-refractivity contribution < 1.29 is 19.0 Å². The van der Waals surface area contributed by atoms with Crippen LogP contribution in [0.1, 0.15) is 11.6 Å². The maximum absolute atomic E-state index is 12.1. The van der Waals surface area contributed by atoms with Gasteiger partial charge in [-0.05, 0) is 6.07 Å². The van der Waals surface area contributed by atoms with Gasteiger partial charge in [-0.1, -0.05) is 12.1 Å². The summed E-state index contributed by atoms with van der Waals surface area (Å²) in [5.74, 6) is -1.04. The molecule has 1 aromatic carbocycles. The second-order valence-electron chi connectivity index (χ2n) is 2.58. The minimum absolute atomic E-state index is 0.157. The molecular weight excluding hydrogens is 180 g/mol. The minimum atomic E-state index is -2.77. The van der Waals surface area contributed by atoms with Crippen molar-refractivity contribution in [3.8, 4) is 11.5 Å². The van der Waals surface area contributed by atoms with Gasteiger partial charge in [-0.15, -0.1) is 0 Å². The predicted molar refractivity (Wildman–Crippen MR) is 42.7 cm³/mol. The summed E-state index contributed by atoms with van der Waals surface area (Å²) in [6, 6.07) is 2.20. The molecule has 0 saturated carbocycles. The molecule has 3 nitrogen and oxygen atoms in total. The fourth-order valence-corrected chi connectivity index (χ4v) is 0.953. The highest BCUT2D eigenvalue weighted by Crippen LogP contribution is 2.33. The number of hydrogen-bond donors (Lipinski definition) is 3. The van der Waals surface area contributed by atoms with Crippen LogP contribution < -0.4 is 5.73 Å². The lowest BCUT2D eigenvalue weighted by molar-refractivity contribution is 0.115. The summed E-state index contributed by atoms with van der Waals surface area (Å²) in [4.78, 5) is 0. The molecule has 13 heavy (non-hydrogen) atoms. The van der Waals surface area contributed by atoms with Gasteiger partial charge in [0.25, 0.3) is 6.43 Å². The number of halogens is 2. The van der Waals surface area contributed by atoms with Crippen LogP contribution in [0.2, 0.25) is 0 Å². The summed E-state index contributed by atoms with van der Waals surface area (Å²) in [5, 5.41) is 18.1. The molecule has 0 spiro atoms. The molecule has 1 atom stereocenters. The highest BCUT2D eigenvalue weighted by atomic mass is 19.3. The van der Waals surface area contributed by atoms with Crippen molar-refractivity contribution in [1.29, 1.82) is 0 Å². The van der Waals surface area contributed by atoms with Crippen LogP contribution in [0.5, 0.6) is 11.5 Å². The quantitative estimate of drug-likeness (QED) is 0.615. The van der Waals surface area contributed by atoms with Crippen LogP contribution in [0.25, 0.3) is 0 Å². The molecule has 0 bridgehead atoms. The highest BCUT2D eigenvalue weighted by Gasteiger charge is 2.21. The van der Waals surface area contributed by atoms with Crippen molar-refractivity contribution in [1.82, 2.24) is 0 Å². The van der Waals surface area contributed by atoms with Gasteiger partial charge in [0.1, 0.15) is 0 Å². The number of rotatable bonds is 2. The number of para-hydroxylation sites is 1. The van der Waals surface area contributed by atoms with Crippen LogP contribution in [0, 0.1) is 0 Å². The molecule has 1 aromatic rings. The van der Waals surface area contributed by atoms with Crippen molar-refractivity contribution in [2.24, 2.45) is 5.73 Å². The molecule has 0 amide bonds. The average Bonchev–Trinajstić information content (AvgIpc) is 2.08. The van der Waals surface area contributed by atoms with E-state index >= 15 is 0 Å². The van der Waals surface area contributed by atoms with E-state index in [0.29, 0.717) is 0 Å². The number of hydrogen-bond acceptors (Lipinski definition) is 3. The summed E-state index contributed by atoms with van der Waals surface area (Å²) in [6.07, 6.45) is -2.77. The van der Waals surface area contributed by atoms with Crippen LogP contribution in [0.4, 0.5) is 8.78 Å². The molecule has 1 rings (SSSR count). The lowest BCUT2D eigenvalue weighted by atomic mass is 10.1. The van der Waals surface area contributed by atoms with E-state index in [1.807, 2.05) is 0 Å². The molecule has 0 saturated heterocycles. The Kier molecular flexibility index (Phi) is 2.67. The summed E-state index contributed by atoms with van der Waals surface area (Å²) in [5.41, 5.74) is 4.93. The zero-order valence-electron chi connectivity index (χ0n) is 6.61. The van der Waals surface area contributed by atoms with Crippen molar-refractivity contribution in [2.75, 3.05) is 0 Å². The largest absolute Gasteiger partial charge is 0.504 e. The molecule has 72 valence electrons. The zero-order chi connectivity index (χ0) is 10.0. The number of nitrogens with two attached hydrogens (primary N) is 1. The van der Waals surface area contributed by atoms with Gasteiger partial charge in [0.05, 0.1) is 6.04 Å². The molecule has 0 heterocycles. The van der Waals surface area contributed by atoms with Gasteiger partial charge in [-0.2, -0.15) is 0 Å². The second-order valence-corrected chi connectivity index (χ2v) is 2.58. The van der Waals surface area contributed by atoms with E-state index in [2.05, 4.69) is 0 Å². The Labute approximate surface area is 73.4 Å². The zero-order valence-corrected chi connectivity index (χ0v) is 6.61. The number of phenols is 2. The molecule has 1 unspecified atom stereocenters. The van der Waals surface area contributed by atoms with Gasteiger partial charge in [0, 0.05) is 5.56 Å². The second kappa shape index (κ2) is 3.57. The first-order valence-corrected chi connectivity index (χ1v) is 3.58. The topological polar surface area (TPSA) is 66.5 Å². The van der Waals surface area contributed by atoms with Gasteiger partial charge in [0.2, 0.25) is 0 Å². The van der Waals surface area contributed by atoms with Gasteiger partial charge in [-0.3, -0.25) is 0 Å². The van der Waals surface area contributed by atoms with E-state index in [1.165, 1.54) is 18.2 Å². The third kappa shape index (κ3) is 1.86. The Morgan fingerprint density at radius 3 is 2.38 bits per heavy atom. The third-order valence-corrected chi connectivity index (χ3v) is 1.68. The van der Waals surface area contributed by atoms with Gasteiger partial charge < -0.3 is 15.9 Å². The molecule has 0 fully saturated rings. The van der Waals surface area contributed by atoms with Crippen LogP contribution in [-0.2, 0) is 0 Å². The van der Waals surface area contributed by atoms with E-state index in [-0.39, 0.29) is 5.56 Å². The third-order valence-electron chi connectivity index (χ3n) is 1.68. The fourth-order valence-electron chi connectivity index (χ4n) is 0.953. The first kappa shape index (κ1) is 9.73. The van der Waals surface area contributed by atoms with Crippen LogP contribution in [0.3, 0.4) is 0 Å². The monoisotopic (exact) mass is 189 g/mol. The smallest absolute Gasteiger partial charge is 0.257 e. The van der Waals surface area contributed by atoms with E-state index in [9.17, 15) is 8.78 Å².